The van der Waals surface area contributed by atoms with Crippen molar-refractivity contribution in [3.8, 4) is 0 Å². The molecule has 0 saturated heterocycles. The van der Waals surface area contributed by atoms with Crippen molar-refractivity contribution < 1.29 is 4.52 Å². The van der Waals surface area contributed by atoms with E-state index in [0.29, 0.717) is 17.9 Å². The Kier molecular flexibility index (Phi) is 2.68. The van der Waals surface area contributed by atoms with Crippen molar-refractivity contribution in [2.24, 2.45) is 0 Å². The molecule has 1 aromatic heterocycles. The Morgan fingerprint density at radius 1 is 1.25 bits per heavy atom. The zero-order valence-corrected chi connectivity index (χ0v) is 9.03. The van der Waals surface area contributed by atoms with Crippen LogP contribution in [0, 0.1) is 6.92 Å². The van der Waals surface area contributed by atoms with Gasteiger partial charge in [-0.05, 0) is 25.1 Å². The second kappa shape index (κ2) is 4.14. The van der Waals surface area contributed by atoms with Crippen LogP contribution < -0.4 is 16.8 Å². The highest BCUT2D eigenvalue weighted by molar-refractivity contribution is 5.69. The van der Waals surface area contributed by atoms with Crippen molar-refractivity contribution in [2.45, 2.75) is 13.5 Å². The molecule has 0 saturated carbocycles. The van der Waals surface area contributed by atoms with E-state index < -0.39 is 0 Å². The summed E-state index contributed by atoms with van der Waals surface area (Å²) < 4.78 is 4.96. The number of anilines is 3. The van der Waals surface area contributed by atoms with E-state index in [0.717, 1.165) is 17.1 Å². The molecule has 0 bridgehead atoms. The third-order valence-corrected chi connectivity index (χ3v) is 2.24. The standard InChI is InChI=1S/C11H14N4O/c1-7-4-9(15-16-7)6-14-8-2-3-10(12)11(13)5-8/h2-5,14H,6,12-13H2,1H3. The molecule has 0 aliphatic heterocycles. The van der Waals surface area contributed by atoms with Crippen molar-refractivity contribution in [2.75, 3.05) is 16.8 Å². The highest BCUT2D eigenvalue weighted by Gasteiger charge is 2.01. The Bertz CT molecular complexity index is 492. The highest BCUT2D eigenvalue weighted by Crippen LogP contribution is 2.19. The molecule has 0 amide bonds. The second-order valence-corrected chi connectivity index (χ2v) is 3.63. The summed E-state index contributed by atoms with van der Waals surface area (Å²) in [6.45, 7) is 2.46. The van der Waals surface area contributed by atoms with Crippen LogP contribution in [0.1, 0.15) is 11.5 Å². The smallest absolute Gasteiger partial charge is 0.133 e. The lowest BCUT2D eigenvalue weighted by molar-refractivity contribution is 0.391. The molecule has 0 unspecified atom stereocenters. The van der Waals surface area contributed by atoms with Gasteiger partial charge < -0.3 is 21.3 Å². The molecule has 2 aromatic rings. The first-order valence-corrected chi connectivity index (χ1v) is 4.96. The zero-order chi connectivity index (χ0) is 11.5. The molecule has 1 heterocycles. The molecule has 0 radical (unpaired) electrons. The van der Waals surface area contributed by atoms with Crippen LogP contribution in [0.3, 0.4) is 0 Å². The van der Waals surface area contributed by atoms with E-state index in [2.05, 4.69) is 10.5 Å². The van der Waals surface area contributed by atoms with Gasteiger partial charge in [0.15, 0.2) is 0 Å². The van der Waals surface area contributed by atoms with Gasteiger partial charge in [-0.25, -0.2) is 0 Å². The zero-order valence-electron chi connectivity index (χ0n) is 9.03. The Labute approximate surface area is 93.4 Å². The summed E-state index contributed by atoms with van der Waals surface area (Å²) >= 11 is 0. The number of aryl methyl sites for hydroxylation is 1. The van der Waals surface area contributed by atoms with Gasteiger partial charge >= 0.3 is 0 Å². The van der Waals surface area contributed by atoms with Crippen LogP contribution in [-0.4, -0.2) is 5.16 Å². The third kappa shape index (κ3) is 2.25. The molecule has 16 heavy (non-hydrogen) atoms. The van der Waals surface area contributed by atoms with E-state index in [1.807, 2.05) is 19.1 Å². The molecule has 1 aromatic carbocycles. The summed E-state index contributed by atoms with van der Waals surface area (Å²) in [5.41, 5.74) is 14.2. The summed E-state index contributed by atoms with van der Waals surface area (Å²) in [7, 11) is 0. The van der Waals surface area contributed by atoms with Gasteiger partial charge in [-0.3, -0.25) is 0 Å². The van der Waals surface area contributed by atoms with E-state index in [9.17, 15) is 0 Å². The van der Waals surface area contributed by atoms with E-state index in [1.165, 1.54) is 0 Å². The first-order chi connectivity index (χ1) is 7.65. The lowest BCUT2D eigenvalue weighted by Gasteiger charge is -2.06. The third-order valence-electron chi connectivity index (χ3n) is 2.24. The average molecular weight is 218 g/mol. The Hall–Kier alpha value is -2.17. The van der Waals surface area contributed by atoms with Gasteiger partial charge in [0, 0.05) is 11.8 Å². The van der Waals surface area contributed by atoms with Gasteiger partial charge in [0.05, 0.1) is 17.9 Å². The predicted molar refractivity (Wildman–Crippen MR) is 63.8 cm³/mol. The van der Waals surface area contributed by atoms with Crippen LogP contribution in [0.25, 0.3) is 0 Å². The number of nitrogen functional groups attached to an aromatic ring is 2. The van der Waals surface area contributed by atoms with Gasteiger partial charge in [0.2, 0.25) is 0 Å². The average Bonchev–Trinajstić information content (AvgIpc) is 2.66. The fourth-order valence-electron chi connectivity index (χ4n) is 1.38. The number of hydrogen-bond donors (Lipinski definition) is 3. The van der Waals surface area contributed by atoms with Crippen LogP contribution >= 0.6 is 0 Å². The van der Waals surface area contributed by atoms with Gasteiger partial charge in [0.1, 0.15) is 11.5 Å². The molecule has 0 aliphatic carbocycles. The maximum absolute atomic E-state index is 5.69. The molecule has 0 atom stereocenters. The molecular weight excluding hydrogens is 204 g/mol. The van der Waals surface area contributed by atoms with Crippen LogP contribution in [0.15, 0.2) is 28.8 Å². The summed E-state index contributed by atoms with van der Waals surface area (Å²) in [5.74, 6) is 0.800. The molecule has 0 fully saturated rings. The fourth-order valence-corrected chi connectivity index (χ4v) is 1.38. The molecule has 2 rings (SSSR count). The van der Waals surface area contributed by atoms with Crippen LogP contribution in [0.5, 0.6) is 0 Å². The minimum atomic E-state index is 0.571. The van der Waals surface area contributed by atoms with Gasteiger partial charge in [-0.15, -0.1) is 0 Å². The normalized spacial score (nSPS) is 10.3. The Morgan fingerprint density at radius 2 is 2.06 bits per heavy atom. The molecule has 0 spiro atoms. The first kappa shape index (κ1) is 10.4. The largest absolute Gasteiger partial charge is 0.397 e. The van der Waals surface area contributed by atoms with Crippen molar-refractivity contribution in [3.05, 3.63) is 35.7 Å². The summed E-state index contributed by atoms with van der Waals surface area (Å²) in [6, 6.07) is 7.32. The van der Waals surface area contributed by atoms with Crippen LogP contribution in [0.4, 0.5) is 17.1 Å². The molecule has 5 heteroatoms. The number of hydrogen-bond acceptors (Lipinski definition) is 5. The van der Waals surface area contributed by atoms with E-state index >= 15 is 0 Å². The topological polar surface area (TPSA) is 90.1 Å². The Balaban J connectivity index is 2.02. The van der Waals surface area contributed by atoms with E-state index in [-0.39, 0.29) is 0 Å². The minimum absolute atomic E-state index is 0.571. The molecular formula is C11H14N4O. The van der Waals surface area contributed by atoms with Crippen molar-refractivity contribution >= 4 is 17.1 Å². The summed E-state index contributed by atoms with van der Waals surface area (Å²) in [5, 5.41) is 7.06. The van der Waals surface area contributed by atoms with Gasteiger partial charge in [-0.1, -0.05) is 5.16 Å². The highest BCUT2D eigenvalue weighted by atomic mass is 16.5. The van der Waals surface area contributed by atoms with Crippen molar-refractivity contribution in [1.82, 2.24) is 5.16 Å². The number of benzene rings is 1. The second-order valence-electron chi connectivity index (χ2n) is 3.63. The quantitative estimate of drug-likeness (QED) is 0.683. The van der Waals surface area contributed by atoms with Crippen molar-refractivity contribution in [1.29, 1.82) is 0 Å². The summed E-state index contributed by atoms with van der Waals surface area (Å²) in [4.78, 5) is 0. The van der Waals surface area contributed by atoms with Crippen molar-refractivity contribution in [3.63, 3.8) is 0 Å². The SMILES string of the molecule is Cc1cc(CNc2ccc(N)c(N)c2)no1. The minimum Gasteiger partial charge on any atom is -0.397 e. The molecule has 0 aliphatic rings. The van der Waals surface area contributed by atoms with Crippen LogP contribution in [0.2, 0.25) is 0 Å². The summed E-state index contributed by atoms with van der Waals surface area (Å²) in [6.07, 6.45) is 0. The van der Waals surface area contributed by atoms with Gasteiger partial charge in [-0.2, -0.15) is 0 Å². The molecule has 5 N–H and O–H groups in total. The maximum Gasteiger partial charge on any atom is 0.133 e. The van der Waals surface area contributed by atoms with Crippen LogP contribution in [-0.2, 0) is 6.54 Å². The number of rotatable bonds is 3. The van der Waals surface area contributed by atoms with E-state index in [1.54, 1.807) is 12.1 Å². The molecule has 84 valence electrons. The molecule has 5 nitrogen and oxygen atoms in total. The number of nitrogens with two attached hydrogens (primary N) is 2. The number of nitrogens with one attached hydrogen (secondary N) is 1. The van der Waals surface area contributed by atoms with E-state index in [4.69, 9.17) is 16.0 Å². The monoisotopic (exact) mass is 218 g/mol. The predicted octanol–water partition coefficient (Wildman–Crippen LogP) is 1.76. The van der Waals surface area contributed by atoms with Gasteiger partial charge in [0.25, 0.3) is 0 Å². The number of aromatic nitrogens is 1. The Morgan fingerprint density at radius 3 is 2.69 bits per heavy atom. The maximum atomic E-state index is 5.69. The number of nitrogens with zero attached hydrogens (tertiary/aromatic N) is 1. The lowest BCUT2D eigenvalue weighted by atomic mass is 10.2. The lowest BCUT2D eigenvalue weighted by Crippen LogP contribution is -2.01. The fraction of sp³-hybridized carbons (Fsp3) is 0.182. The first-order valence-electron chi connectivity index (χ1n) is 4.96.